The molecule has 0 unspecified atom stereocenters. The summed E-state index contributed by atoms with van der Waals surface area (Å²) in [4.78, 5) is 11.9. The number of ether oxygens (including phenoxy) is 2. The molecule has 0 atom stereocenters. The molecule has 0 aromatic heterocycles. The highest BCUT2D eigenvalue weighted by Gasteiger charge is 2.10. The first-order valence-electron chi connectivity index (χ1n) is 7.46. The number of hydrogen-bond acceptors (Lipinski definition) is 3. The van der Waals surface area contributed by atoms with Gasteiger partial charge in [-0.3, -0.25) is 0 Å². The molecule has 0 bridgehead atoms. The minimum Gasteiger partial charge on any atom is -0.490 e. The Hall–Kier alpha value is -2.83. The number of nitrogens with one attached hydrogen (secondary N) is 2. The van der Waals surface area contributed by atoms with Crippen LogP contribution in [0.3, 0.4) is 0 Å². The number of urea groups is 1. The summed E-state index contributed by atoms with van der Waals surface area (Å²) in [6, 6.07) is 7.15. The second-order valence-electron chi connectivity index (χ2n) is 4.73. The van der Waals surface area contributed by atoms with Gasteiger partial charge < -0.3 is 20.1 Å². The molecule has 2 aromatic rings. The smallest absolute Gasteiger partial charge is 0.323 e. The van der Waals surface area contributed by atoms with E-state index in [1.807, 2.05) is 13.8 Å². The van der Waals surface area contributed by atoms with E-state index >= 15 is 0 Å². The van der Waals surface area contributed by atoms with E-state index in [4.69, 9.17) is 9.47 Å². The van der Waals surface area contributed by atoms with Gasteiger partial charge in [-0.15, -0.1) is 0 Å². The van der Waals surface area contributed by atoms with Gasteiger partial charge in [0.25, 0.3) is 0 Å². The van der Waals surface area contributed by atoms with Crippen LogP contribution >= 0.6 is 0 Å². The van der Waals surface area contributed by atoms with Gasteiger partial charge in [0, 0.05) is 17.8 Å². The molecule has 0 saturated heterocycles. The Morgan fingerprint density at radius 3 is 2.33 bits per heavy atom. The summed E-state index contributed by atoms with van der Waals surface area (Å²) in [6.07, 6.45) is 0. The molecule has 0 aliphatic rings. The zero-order valence-electron chi connectivity index (χ0n) is 13.4. The summed E-state index contributed by atoms with van der Waals surface area (Å²) in [5.74, 6) is -0.516. The Morgan fingerprint density at radius 2 is 1.67 bits per heavy atom. The molecule has 0 spiro atoms. The van der Waals surface area contributed by atoms with Gasteiger partial charge in [0.2, 0.25) is 0 Å². The van der Waals surface area contributed by atoms with E-state index in [1.165, 1.54) is 0 Å². The maximum Gasteiger partial charge on any atom is 0.323 e. The van der Waals surface area contributed by atoms with E-state index in [9.17, 15) is 13.6 Å². The molecule has 0 heterocycles. The number of halogens is 2. The molecule has 7 heteroatoms. The van der Waals surface area contributed by atoms with Crippen LogP contribution < -0.4 is 20.1 Å². The van der Waals surface area contributed by atoms with E-state index in [0.29, 0.717) is 36.5 Å². The molecule has 0 saturated carbocycles. The minimum absolute atomic E-state index is 0.120. The number of benzene rings is 2. The number of carbonyl (C=O) groups excluding carboxylic acids is 1. The van der Waals surface area contributed by atoms with Crippen molar-refractivity contribution in [1.29, 1.82) is 0 Å². The van der Waals surface area contributed by atoms with Crippen LogP contribution in [-0.2, 0) is 0 Å². The Morgan fingerprint density at radius 1 is 0.958 bits per heavy atom. The number of carbonyl (C=O) groups is 1. The van der Waals surface area contributed by atoms with Gasteiger partial charge in [0.15, 0.2) is 11.5 Å². The van der Waals surface area contributed by atoms with Crippen LogP contribution in [-0.4, -0.2) is 19.2 Å². The third-order valence-electron chi connectivity index (χ3n) is 2.98. The highest BCUT2D eigenvalue weighted by Crippen LogP contribution is 2.30. The predicted octanol–water partition coefficient (Wildman–Crippen LogP) is 4.41. The van der Waals surface area contributed by atoms with Crippen LogP contribution in [0.15, 0.2) is 36.4 Å². The lowest BCUT2D eigenvalue weighted by Gasteiger charge is -2.13. The summed E-state index contributed by atoms with van der Waals surface area (Å²) >= 11 is 0. The summed E-state index contributed by atoms with van der Waals surface area (Å²) in [7, 11) is 0. The molecule has 2 amide bonds. The third-order valence-corrected chi connectivity index (χ3v) is 2.98. The summed E-state index contributed by atoms with van der Waals surface area (Å²) in [6.45, 7) is 4.61. The molecule has 2 aromatic carbocycles. The minimum atomic E-state index is -0.855. The van der Waals surface area contributed by atoms with Crippen LogP contribution in [0.2, 0.25) is 0 Å². The molecule has 0 aliphatic carbocycles. The fourth-order valence-corrected chi connectivity index (χ4v) is 2.00. The number of amides is 2. The zero-order valence-corrected chi connectivity index (χ0v) is 13.4. The summed E-state index contributed by atoms with van der Waals surface area (Å²) in [5.41, 5.74) is 0.326. The summed E-state index contributed by atoms with van der Waals surface area (Å²) < 4.78 is 37.3. The summed E-state index contributed by atoms with van der Waals surface area (Å²) in [5, 5.41) is 4.87. The lowest BCUT2D eigenvalue weighted by atomic mass is 10.2. The lowest BCUT2D eigenvalue weighted by molar-refractivity contribution is 0.262. The van der Waals surface area contributed by atoms with Gasteiger partial charge >= 0.3 is 6.03 Å². The average molecular weight is 336 g/mol. The Labute approximate surface area is 138 Å². The van der Waals surface area contributed by atoms with Crippen LogP contribution in [0.5, 0.6) is 11.5 Å². The normalized spacial score (nSPS) is 10.2. The van der Waals surface area contributed by atoms with Crippen LogP contribution in [0.25, 0.3) is 0 Å². The quantitative estimate of drug-likeness (QED) is 0.822. The number of rotatable bonds is 6. The first-order valence-corrected chi connectivity index (χ1v) is 7.46. The van der Waals surface area contributed by atoms with Crippen molar-refractivity contribution in [2.75, 3.05) is 23.8 Å². The van der Waals surface area contributed by atoms with Gasteiger partial charge in [-0.05, 0) is 38.1 Å². The average Bonchev–Trinajstić information content (AvgIpc) is 2.53. The van der Waals surface area contributed by atoms with Crippen molar-refractivity contribution in [2.45, 2.75) is 13.8 Å². The first-order chi connectivity index (χ1) is 11.5. The van der Waals surface area contributed by atoms with Crippen molar-refractivity contribution in [3.8, 4) is 11.5 Å². The monoisotopic (exact) mass is 336 g/mol. The SMILES string of the molecule is CCOc1ccc(NC(=O)Nc2ccc(F)cc2F)cc1OCC. The second kappa shape index (κ2) is 8.14. The van der Waals surface area contributed by atoms with E-state index in [2.05, 4.69) is 10.6 Å². The van der Waals surface area contributed by atoms with Gasteiger partial charge in [0.1, 0.15) is 11.6 Å². The molecule has 0 radical (unpaired) electrons. The van der Waals surface area contributed by atoms with Crippen LogP contribution in [0.1, 0.15) is 13.8 Å². The number of hydrogen-bond donors (Lipinski definition) is 2. The van der Waals surface area contributed by atoms with Crippen molar-refractivity contribution in [2.24, 2.45) is 0 Å². The largest absolute Gasteiger partial charge is 0.490 e. The van der Waals surface area contributed by atoms with E-state index in [-0.39, 0.29) is 5.69 Å². The maximum atomic E-state index is 13.5. The van der Waals surface area contributed by atoms with Gasteiger partial charge in [-0.1, -0.05) is 0 Å². The Balaban J connectivity index is 2.09. The molecule has 24 heavy (non-hydrogen) atoms. The van der Waals surface area contributed by atoms with Crippen molar-refractivity contribution in [1.82, 2.24) is 0 Å². The van der Waals surface area contributed by atoms with Crippen molar-refractivity contribution in [3.05, 3.63) is 48.0 Å². The molecular formula is C17H18F2N2O3. The molecular weight excluding hydrogens is 318 g/mol. The van der Waals surface area contributed by atoms with Gasteiger partial charge in [-0.2, -0.15) is 0 Å². The van der Waals surface area contributed by atoms with E-state index in [1.54, 1.807) is 18.2 Å². The first kappa shape index (κ1) is 17.5. The van der Waals surface area contributed by atoms with Crippen molar-refractivity contribution >= 4 is 17.4 Å². The molecule has 2 rings (SSSR count). The van der Waals surface area contributed by atoms with Gasteiger partial charge in [-0.25, -0.2) is 13.6 Å². The van der Waals surface area contributed by atoms with Gasteiger partial charge in [0.05, 0.1) is 18.9 Å². The maximum absolute atomic E-state index is 13.5. The third kappa shape index (κ3) is 4.58. The highest BCUT2D eigenvalue weighted by atomic mass is 19.1. The van der Waals surface area contributed by atoms with Crippen LogP contribution in [0.4, 0.5) is 25.0 Å². The lowest BCUT2D eigenvalue weighted by Crippen LogP contribution is -2.20. The predicted molar refractivity (Wildman–Crippen MR) is 87.8 cm³/mol. The molecule has 0 aliphatic heterocycles. The Kier molecular flexibility index (Phi) is 5.95. The van der Waals surface area contributed by atoms with Crippen LogP contribution in [0, 0.1) is 11.6 Å². The molecule has 2 N–H and O–H groups in total. The fraction of sp³-hybridized carbons (Fsp3) is 0.235. The van der Waals surface area contributed by atoms with Crippen molar-refractivity contribution in [3.63, 3.8) is 0 Å². The topological polar surface area (TPSA) is 59.6 Å². The zero-order chi connectivity index (χ0) is 17.5. The molecule has 5 nitrogen and oxygen atoms in total. The van der Waals surface area contributed by atoms with E-state index in [0.717, 1.165) is 12.1 Å². The fourth-order valence-electron chi connectivity index (χ4n) is 2.00. The highest BCUT2D eigenvalue weighted by molar-refractivity contribution is 6.00. The Bertz CT molecular complexity index is 723. The number of anilines is 2. The van der Waals surface area contributed by atoms with Crippen molar-refractivity contribution < 1.29 is 23.0 Å². The standard InChI is InChI=1S/C17H18F2N2O3/c1-3-23-15-8-6-12(10-16(15)24-4-2)20-17(22)21-14-7-5-11(18)9-13(14)19/h5-10H,3-4H2,1-2H3,(H2,20,21,22). The second-order valence-corrected chi connectivity index (χ2v) is 4.73. The molecule has 128 valence electrons. The van der Waals surface area contributed by atoms with E-state index < -0.39 is 17.7 Å². The molecule has 0 fully saturated rings.